The van der Waals surface area contributed by atoms with Crippen LogP contribution in [0.5, 0.6) is 0 Å². The summed E-state index contributed by atoms with van der Waals surface area (Å²) >= 11 is 3.36. The molecule has 5 rings (SSSR count). The van der Waals surface area contributed by atoms with Crippen molar-refractivity contribution in [3.8, 4) is 17.3 Å². The summed E-state index contributed by atoms with van der Waals surface area (Å²) in [5.74, 6) is -5.18. The largest absolute Gasteiger partial charge is 0.394 e. The minimum absolute atomic E-state index is 0.0661. The van der Waals surface area contributed by atoms with E-state index in [0.717, 1.165) is 16.8 Å². The van der Waals surface area contributed by atoms with Crippen molar-refractivity contribution in [2.24, 2.45) is 0 Å². The highest BCUT2D eigenvalue weighted by molar-refractivity contribution is 9.10. The summed E-state index contributed by atoms with van der Waals surface area (Å²) in [5, 5.41) is 49.5. The van der Waals surface area contributed by atoms with Crippen molar-refractivity contribution in [2.45, 2.75) is 61.9 Å². The van der Waals surface area contributed by atoms with Crippen molar-refractivity contribution < 1.29 is 42.8 Å². The fourth-order valence-corrected chi connectivity index (χ4v) is 6.22. The van der Waals surface area contributed by atoms with E-state index in [-0.39, 0.29) is 16.8 Å². The van der Waals surface area contributed by atoms with Crippen molar-refractivity contribution in [1.29, 1.82) is 5.26 Å². The van der Waals surface area contributed by atoms with E-state index in [2.05, 4.69) is 26.2 Å². The van der Waals surface area contributed by atoms with Crippen molar-refractivity contribution in [1.82, 2.24) is 15.0 Å². The molecule has 1 saturated carbocycles. The van der Waals surface area contributed by atoms with Crippen molar-refractivity contribution in [3.63, 3.8) is 0 Å². The van der Waals surface area contributed by atoms with Gasteiger partial charge in [0.25, 0.3) is 5.91 Å². The van der Waals surface area contributed by atoms with Gasteiger partial charge in [0, 0.05) is 22.8 Å². The molecule has 2 fully saturated rings. The Labute approximate surface area is 252 Å². The van der Waals surface area contributed by atoms with E-state index in [1.54, 1.807) is 12.1 Å². The second kappa shape index (κ2) is 12.7. The number of carbonyl (C=O) groups is 1. The van der Waals surface area contributed by atoms with Crippen LogP contribution in [0.1, 0.15) is 30.9 Å². The van der Waals surface area contributed by atoms with Gasteiger partial charge in [-0.05, 0) is 49.6 Å². The Hall–Kier alpha value is -3.39. The van der Waals surface area contributed by atoms with Gasteiger partial charge in [-0.2, -0.15) is 5.26 Å². The van der Waals surface area contributed by atoms with E-state index in [1.165, 1.54) is 24.3 Å². The van der Waals surface area contributed by atoms with Crippen LogP contribution in [0.15, 0.2) is 41.0 Å². The lowest BCUT2D eigenvalue weighted by Gasteiger charge is -2.45. The van der Waals surface area contributed by atoms with Crippen LogP contribution in [0.4, 0.5) is 18.9 Å². The minimum atomic E-state index is -1.65. The van der Waals surface area contributed by atoms with Crippen LogP contribution < -0.4 is 4.90 Å². The number of nitrogens with zero attached hydrogens (tertiary/aromatic N) is 5. The maximum Gasteiger partial charge on any atom is 0.259 e. The third-order valence-electron chi connectivity index (χ3n) is 7.78. The van der Waals surface area contributed by atoms with Crippen LogP contribution in [0.2, 0.25) is 0 Å². The Morgan fingerprint density at radius 3 is 2.53 bits per heavy atom. The van der Waals surface area contributed by atoms with E-state index in [0.29, 0.717) is 29.4 Å². The molecule has 0 spiro atoms. The van der Waals surface area contributed by atoms with Gasteiger partial charge >= 0.3 is 0 Å². The lowest BCUT2D eigenvalue weighted by molar-refractivity contribution is -0.211. The number of aromatic nitrogens is 3. The van der Waals surface area contributed by atoms with E-state index in [9.17, 15) is 38.5 Å². The number of halogens is 4. The molecular weight excluding hydrogens is 639 g/mol. The number of nitriles is 1. The molecule has 2 aliphatic rings. The third kappa shape index (κ3) is 5.91. The van der Waals surface area contributed by atoms with Gasteiger partial charge in [0.05, 0.1) is 36.6 Å². The van der Waals surface area contributed by atoms with Crippen LogP contribution in [0, 0.1) is 28.8 Å². The summed E-state index contributed by atoms with van der Waals surface area (Å²) in [6, 6.07) is 6.33. The molecule has 0 radical (unpaired) electrons. The maximum absolute atomic E-state index is 14.4. The van der Waals surface area contributed by atoms with Gasteiger partial charge in [-0.25, -0.2) is 17.9 Å². The molecule has 15 heteroatoms. The van der Waals surface area contributed by atoms with Gasteiger partial charge in [0.1, 0.15) is 30.0 Å². The van der Waals surface area contributed by atoms with E-state index < -0.39 is 72.6 Å². The third-order valence-corrected chi connectivity index (χ3v) is 8.24. The number of carbonyl (C=O) groups excluding carboxylic acids is 1. The van der Waals surface area contributed by atoms with Gasteiger partial charge in [-0.1, -0.05) is 21.1 Å². The number of aliphatic hydroxyl groups is 3. The predicted molar refractivity (Wildman–Crippen MR) is 147 cm³/mol. The molecule has 7 atom stereocenters. The lowest BCUT2D eigenvalue weighted by Crippen LogP contribution is -2.62. The van der Waals surface area contributed by atoms with Crippen molar-refractivity contribution in [2.75, 3.05) is 18.6 Å². The quantitative estimate of drug-likeness (QED) is 0.323. The molecule has 11 nitrogen and oxygen atoms in total. The van der Waals surface area contributed by atoms with Crippen LogP contribution in [0.25, 0.3) is 11.3 Å². The Morgan fingerprint density at radius 2 is 1.93 bits per heavy atom. The fourth-order valence-electron chi connectivity index (χ4n) is 5.74. The number of anilines is 1. The SMILES string of the molecule is CO[C@@H]1[C@@H](n2cc(-c3cc(F)c(F)c(F)c3)nn2)[C@@H](O)[C@@H](CO)O[C@H]1C(=O)N(c1cc(Br)cc(C#N)c1)[C@H]1CCC[C@@H]1O. The molecule has 1 aliphatic heterocycles. The summed E-state index contributed by atoms with van der Waals surface area (Å²) in [6.45, 7) is -0.699. The molecule has 3 N–H and O–H groups in total. The smallest absolute Gasteiger partial charge is 0.259 e. The summed E-state index contributed by atoms with van der Waals surface area (Å²) in [5.41, 5.74) is 0.373. The van der Waals surface area contributed by atoms with Crippen LogP contribution in [-0.2, 0) is 14.3 Å². The number of benzene rings is 2. The highest BCUT2D eigenvalue weighted by atomic mass is 79.9. The molecule has 0 unspecified atom stereocenters. The number of aliphatic hydroxyl groups excluding tert-OH is 3. The summed E-state index contributed by atoms with van der Waals surface area (Å²) < 4.78 is 54.5. The zero-order valence-electron chi connectivity index (χ0n) is 22.6. The number of ether oxygens (including phenoxy) is 2. The van der Waals surface area contributed by atoms with E-state index in [1.807, 2.05) is 6.07 Å². The molecule has 1 aliphatic carbocycles. The van der Waals surface area contributed by atoms with Crippen LogP contribution in [-0.4, -0.2) is 86.5 Å². The molecule has 0 bridgehead atoms. The minimum Gasteiger partial charge on any atom is -0.394 e. The number of hydrogen-bond acceptors (Lipinski definition) is 9. The van der Waals surface area contributed by atoms with Crippen molar-refractivity contribution in [3.05, 3.63) is 64.0 Å². The second-order valence-corrected chi connectivity index (χ2v) is 11.3. The van der Waals surface area contributed by atoms with Crippen LogP contribution in [0.3, 0.4) is 0 Å². The second-order valence-electron chi connectivity index (χ2n) is 10.4. The summed E-state index contributed by atoms with van der Waals surface area (Å²) in [4.78, 5) is 15.7. The normalized spacial score (nSPS) is 27.2. The molecule has 2 heterocycles. The predicted octanol–water partition coefficient (Wildman–Crippen LogP) is 2.62. The first-order valence-electron chi connectivity index (χ1n) is 13.3. The van der Waals surface area contributed by atoms with Crippen molar-refractivity contribution >= 4 is 27.5 Å². The number of methoxy groups -OCH3 is 1. The van der Waals surface area contributed by atoms with Gasteiger partial charge in [-0.15, -0.1) is 5.10 Å². The first-order chi connectivity index (χ1) is 20.6. The monoisotopic (exact) mass is 665 g/mol. The number of amides is 1. The fraction of sp³-hybridized carbons (Fsp3) is 0.429. The van der Waals surface area contributed by atoms with Crippen LogP contribution >= 0.6 is 15.9 Å². The molecule has 3 aromatic rings. The molecule has 228 valence electrons. The van der Waals surface area contributed by atoms with Gasteiger partial charge in [0.2, 0.25) is 0 Å². The summed E-state index contributed by atoms with van der Waals surface area (Å²) in [6.07, 6.45) is -3.59. The zero-order valence-corrected chi connectivity index (χ0v) is 24.2. The first kappa shape index (κ1) is 31.0. The first-order valence-corrected chi connectivity index (χ1v) is 14.1. The maximum atomic E-state index is 14.4. The zero-order chi connectivity index (χ0) is 31.0. The molecule has 43 heavy (non-hydrogen) atoms. The topological polar surface area (TPSA) is 154 Å². The molecule has 1 saturated heterocycles. The molecule has 2 aromatic carbocycles. The van der Waals surface area contributed by atoms with E-state index in [4.69, 9.17) is 9.47 Å². The molecule has 1 amide bonds. The summed E-state index contributed by atoms with van der Waals surface area (Å²) in [7, 11) is 1.28. The molecule has 1 aromatic heterocycles. The van der Waals surface area contributed by atoms with Gasteiger partial charge in [-0.3, -0.25) is 4.79 Å². The average molecular weight is 666 g/mol. The highest BCUT2D eigenvalue weighted by Gasteiger charge is 2.52. The molecular formula is C28H27BrF3N5O6. The van der Waals surface area contributed by atoms with Gasteiger partial charge in [0.15, 0.2) is 23.6 Å². The van der Waals surface area contributed by atoms with Gasteiger partial charge < -0.3 is 29.7 Å². The Bertz CT molecular complexity index is 1530. The standard InChI is InChI=1S/C28H27BrF3N5O6/c1-42-26-24(36-11-19(34-35-36)14-7-17(30)23(32)18(31)8-14)25(40)22(12-38)43-27(26)28(41)37(20-3-2-4-21(20)39)16-6-13(10-33)5-15(29)9-16/h5-9,11,20-22,24-27,38-40H,2-4,12H2,1H3/t20-,21-,22+,24-,25-,26+,27+/m0/s1. The van der Waals surface area contributed by atoms with E-state index >= 15 is 0 Å². The lowest BCUT2D eigenvalue weighted by atomic mass is 9.91. The highest BCUT2D eigenvalue weighted by Crippen LogP contribution is 2.37. The Kier molecular flexibility index (Phi) is 9.16. The number of hydrogen-bond donors (Lipinski definition) is 3. The number of rotatable bonds is 7. The average Bonchev–Trinajstić information content (AvgIpc) is 3.64. The Balaban J connectivity index is 1.55. The Morgan fingerprint density at radius 1 is 1.21 bits per heavy atom.